The smallest absolute Gasteiger partial charge is 0.0482 e. The van der Waals surface area contributed by atoms with E-state index in [4.69, 9.17) is 0 Å². The van der Waals surface area contributed by atoms with Crippen LogP contribution in [0.1, 0.15) is 129 Å². The van der Waals surface area contributed by atoms with E-state index in [9.17, 15) is 0 Å². The number of benzene rings is 1. The van der Waals surface area contributed by atoms with Gasteiger partial charge >= 0.3 is 0 Å². The van der Waals surface area contributed by atoms with Gasteiger partial charge in [-0.3, -0.25) is 0 Å². The molecule has 0 saturated carbocycles. The van der Waals surface area contributed by atoms with Crippen molar-refractivity contribution in [2.24, 2.45) is 5.41 Å². The van der Waals surface area contributed by atoms with Gasteiger partial charge in [-0.05, 0) is 42.7 Å². The Hall–Kier alpha value is -1.24. The summed E-state index contributed by atoms with van der Waals surface area (Å²) in [5.41, 5.74) is 4.27. The van der Waals surface area contributed by atoms with E-state index in [1.807, 2.05) is 0 Å². The van der Waals surface area contributed by atoms with Crippen molar-refractivity contribution in [2.75, 3.05) is 0 Å². The number of rotatable bonds is 16. The van der Waals surface area contributed by atoms with Crippen LogP contribution in [0.25, 0.3) is 0 Å². The van der Waals surface area contributed by atoms with Crippen LogP contribution >= 0.6 is 0 Å². The fourth-order valence-electron chi connectivity index (χ4n) is 4.09. The van der Waals surface area contributed by atoms with Crippen molar-refractivity contribution in [1.82, 2.24) is 5.32 Å². The van der Waals surface area contributed by atoms with Gasteiger partial charge in [-0.1, -0.05) is 123 Å². The second-order valence-corrected chi connectivity index (χ2v) is 10.2. The summed E-state index contributed by atoms with van der Waals surface area (Å²) in [7, 11) is 0. The first-order chi connectivity index (χ1) is 13.8. The number of aryl methyl sites for hydroxylation is 1. The average molecular weight is 400 g/mol. The first-order valence-electron chi connectivity index (χ1n) is 12.3. The molecule has 0 fully saturated rings. The average Bonchev–Trinajstić information content (AvgIpc) is 2.64. The quantitative estimate of drug-likeness (QED) is 0.273. The van der Waals surface area contributed by atoms with Gasteiger partial charge in [0, 0.05) is 11.7 Å². The van der Waals surface area contributed by atoms with E-state index >= 15 is 0 Å². The Bertz CT molecular complexity index is 552. The van der Waals surface area contributed by atoms with E-state index in [0.29, 0.717) is 6.04 Å². The van der Waals surface area contributed by atoms with Gasteiger partial charge in [0.15, 0.2) is 0 Å². The maximum atomic E-state index is 4.23. The molecule has 0 aliphatic carbocycles. The van der Waals surface area contributed by atoms with E-state index in [1.54, 1.807) is 0 Å². The SMILES string of the molecule is C=C(CC(C)(C)C)NC(C)c1cccc(CCCCCCCCCCCCC)c1. The minimum absolute atomic E-state index is 0.278. The van der Waals surface area contributed by atoms with Crippen LogP contribution in [-0.4, -0.2) is 0 Å². The summed E-state index contributed by atoms with van der Waals surface area (Å²) in [6, 6.07) is 9.46. The molecule has 1 atom stereocenters. The molecule has 0 radical (unpaired) electrons. The normalized spacial score (nSPS) is 12.7. The van der Waals surface area contributed by atoms with E-state index in [0.717, 1.165) is 12.1 Å². The van der Waals surface area contributed by atoms with Gasteiger partial charge < -0.3 is 5.32 Å². The Kier molecular flexibility index (Phi) is 13.1. The van der Waals surface area contributed by atoms with Crippen LogP contribution in [0, 0.1) is 5.41 Å². The molecule has 1 unspecified atom stereocenters. The second kappa shape index (κ2) is 14.7. The summed E-state index contributed by atoms with van der Waals surface area (Å²) in [5.74, 6) is 0. The van der Waals surface area contributed by atoms with Crippen LogP contribution in [0.3, 0.4) is 0 Å². The Morgan fingerprint density at radius 2 is 1.45 bits per heavy atom. The lowest BCUT2D eigenvalue weighted by molar-refractivity contribution is 0.393. The first-order valence-corrected chi connectivity index (χ1v) is 12.3. The van der Waals surface area contributed by atoms with Crippen molar-refractivity contribution in [3.8, 4) is 0 Å². The molecule has 0 spiro atoms. The molecule has 0 aromatic heterocycles. The van der Waals surface area contributed by atoms with E-state index < -0.39 is 0 Å². The van der Waals surface area contributed by atoms with Gasteiger partial charge in [-0.25, -0.2) is 0 Å². The minimum atomic E-state index is 0.278. The van der Waals surface area contributed by atoms with Crippen LogP contribution < -0.4 is 5.32 Å². The molecule has 1 aromatic carbocycles. The summed E-state index contributed by atoms with van der Waals surface area (Å²) in [4.78, 5) is 0. The van der Waals surface area contributed by atoms with Gasteiger partial charge in [0.05, 0.1) is 0 Å². The lowest BCUT2D eigenvalue weighted by atomic mass is 9.90. The fourth-order valence-corrected chi connectivity index (χ4v) is 4.09. The molecule has 1 heteroatoms. The molecule has 166 valence electrons. The highest BCUT2D eigenvalue weighted by Crippen LogP contribution is 2.24. The predicted molar refractivity (Wildman–Crippen MR) is 131 cm³/mol. The zero-order chi connectivity index (χ0) is 21.5. The van der Waals surface area contributed by atoms with Crippen LogP contribution in [0.4, 0.5) is 0 Å². The largest absolute Gasteiger partial charge is 0.382 e. The highest BCUT2D eigenvalue weighted by molar-refractivity contribution is 5.26. The maximum Gasteiger partial charge on any atom is 0.0482 e. The minimum Gasteiger partial charge on any atom is -0.382 e. The number of hydrogen-bond donors (Lipinski definition) is 1. The zero-order valence-corrected chi connectivity index (χ0v) is 20.3. The second-order valence-electron chi connectivity index (χ2n) is 10.2. The lowest BCUT2D eigenvalue weighted by Crippen LogP contribution is -2.21. The molecular weight excluding hydrogens is 350 g/mol. The van der Waals surface area contributed by atoms with Crippen molar-refractivity contribution in [3.63, 3.8) is 0 Å². The molecule has 1 nitrogen and oxygen atoms in total. The van der Waals surface area contributed by atoms with Gasteiger partial charge in [0.25, 0.3) is 0 Å². The Morgan fingerprint density at radius 1 is 0.897 bits per heavy atom. The van der Waals surface area contributed by atoms with E-state index in [1.165, 1.54) is 88.2 Å². The van der Waals surface area contributed by atoms with Crippen molar-refractivity contribution in [1.29, 1.82) is 0 Å². The molecule has 0 saturated heterocycles. The third kappa shape index (κ3) is 13.6. The van der Waals surface area contributed by atoms with Crippen molar-refractivity contribution < 1.29 is 0 Å². The third-order valence-corrected chi connectivity index (χ3v) is 5.68. The van der Waals surface area contributed by atoms with Crippen molar-refractivity contribution >= 4 is 0 Å². The lowest BCUT2D eigenvalue weighted by Gasteiger charge is -2.24. The highest BCUT2D eigenvalue weighted by atomic mass is 14.9. The van der Waals surface area contributed by atoms with Crippen molar-refractivity contribution in [2.45, 2.75) is 124 Å². The van der Waals surface area contributed by atoms with Crippen LogP contribution in [0.15, 0.2) is 36.5 Å². The molecule has 1 aromatic rings. The number of allylic oxidation sites excluding steroid dienone is 1. The molecule has 0 aliphatic rings. The molecule has 29 heavy (non-hydrogen) atoms. The topological polar surface area (TPSA) is 12.0 Å². The third-order valence-electron chi connectivity index (χ3n) is 5.68. The monoisotopic (exact) mass is 399 g/mol. The molecule has 0 aliphatic heterocycles. The molecule has 0 heterocycles. The highest BCUT2D eigenvalue weighted by Gasteiger charge is 2.14. The number of nitrogens with one attached hydrogen (secondary N) is 1. The van der Waals surface area contributed by atoms with Crippen LogP contribution in [0.5, 0.6) is 0 Å². The van der Waals surface area contributed by atoms with Crippen LogP contribution in [0.2, 0.25) is 0 Å². The van der Waals surface area contributed by atoms with E-state index in [2.05, 4.69) is 70.8 Å². The Labute approximate surface area is 182 Å². The fraction of sp³-hybridized carbons (Fsp3) is 0.714. The number of unbranched alkanes of at least 4 members (excludes halogenated alkanes) is 10. The Balaban J connectivity index is 2.20. The zero-order valence-electron chi connectivity index (χ0n) is 20.3. The molecule has 1 rings (SSSR count). The standard InChI is InChI=1S/C28H49N/c1-7-8-9-10-11-12-13-14-15-16-17-19-26-20-18-21-27(22-26)25(3)29-24(2)23-28(4,5)6/h18,20-22,25,29H,2,7-17,19,23H2,1,3-6H3. The summed E-state index contributed by atoms with van der Waals surface area (Å²) in [6.07, 6.45) is 17.7. The summed E-state index contributed by atoms with van der Waals surface area (Å²) < 4.78 is 0. The van der Waals surface area contributed by atoms with Crippen molar-refractivity contribution in [3.05, 3.63) is 47.7 Å². The van der Waals surface area contributed by atoms with Crippen LogP contribution in [-0.2, 0) is 6.42 Å². The van der Waals surface area contributed by atoms with Gasteiger partial charge in [-0.2, -0.15) is 0 Å². The first kappa shape index (κ1) is 25.8. The van der Waals surface area contributed by atoms with E-state index in [-0.39, 0.29) is 5.41 Å². The molecule has 0 bridgehead atoms. The number of hydrogen-bond acceptors (Lipinski definition) is 1. The van der Waals surface area contributed by atoms with Gasteiger partial charge in [0.1, 0.15) is 0 Å². The Morgan fingerprint density at radius 3 is 2.00 bits per heavy atom. The molecule has 1 N–H and O–H groups in total. The van der Waals surface area contributed by atoms with Gasteiger partial charge in [-0.15, -0.1) is 0 Å². The summed E-state index contributed by atoms with van der Waals surface area (Å²) in [5, 5.41) is 3.60. The molecular formula is C28H49N. The van der Waals surface area contributed by atoms with Gasteiger partial charge in [0.2, 0.25) is 0 Å². The summed E-state index contributed by atoms with van der Waals surface area (Å²) in [6.45, 7) is 15.6. The predicted octanol–water partition coefficient (Wildman–Crippen LogP) is 9.14. The summed E-state index contributed by atoms with van der Waals surface area (Å²) >= 11 is 0. The molecule has 0 amide bonds. The maximum absolute atomic E-state index is 4.23.